The number of carbonyl (C=O) groups is 1. The number of nitrogens with zero attached hydrogens (tertiary/aromatic N) is 4. The molecule has 120 valence electrons. The van der Waals surface area contributed by atoms with Crippen molar-refractivity contribution in [2.45, 2.75) is 45.6 Å². The number of aryl methyl sites for hydroxylation is 2. The van der Waals surface area contributed by atoms with Gasteiger partial charge in [-0.25, -0.2) is 9.97 Å². The molecule has 0 bridgehead atoms. The number of aliphatic hydroxyl groups excluding tert-OH is 1. The quantitative estimate of drug-likeness (QED) is 0.827. The van der Waals surface area contributed by atoms with Gasteiger partial charge >= 0.3 is 0 Å². The summed E-state index contributed by atoms with van der Waals surface area (Å²) in [6, 6.07) is 0. The minimum atomic E-state index is -0.564. The van der Waals surface area contributed by atoms with Gasteiger partial charge in [-0.1, -0.05) is 0 Å². The molecule has 1 aliphatic heterocycles. The van der Waals surface area contributed by atoms with E-state index in [1.54, 1.807) is 11.8 Å². The Labute approximate surface area is 131 Å². The molecule has 0 radical (unpaired) electrons. The number of aliphatic hydroxyl groups is 1. The third-order valence-electron chi connectivity index (χ3n) is 4.61. The summed E-state index contributed by atoms with van der Waals surface area (Å²) in [7, 11) is 0. The average molecular weight is 304 g/mol. The van der Waals surface area contributed by atoms with Crippen LogP contribution in [0.25, 0.3) is 0 Å². The van der Waals surface area contributed by atoms with E-state index in [0.29, 0.717) is 32.1 Å². The molecular weight excluding hydrogens is 280 g/mol. The van der Waals surface area contributed by atoms with Crippen LogP contribution >= 0.6 is 0 Å². The normalized spacial score (nSPS) is 22.2. The van der Waals surface area contributed by atoms with Gasteiger partial charge in [0.2, 0.25) is 11.9 Å². The number of carbonyl (C=O) groups excluding carboxylic acids is 1. The molecule has 1 aromatic rings. The second-order valence-electron chi connectivity index (χ2n) is 6.31. The van der Waals surface area contributed by atoms with Crippen molar-refractivity contribution in [2.24, 2.45) is 0 Å². The number of fused-ring (bicyclic) bond motifs is 1. The Bertz CT molecular complexity index is 576. The van der Waals surface area contributed by atoms with Gasteiger partial charge < -0.3 is 14.9 Å². The summed E-state index contributed by atoms with van der Waals surface area (Å²) in [5, 5.41) is 10.2. The predicted molar refractivity (Wildman–Crippen MR) is 83.9 cm³/mol. The Balaban J connectivity index is 1.84. The molecule has 1 saturated heterocycles. The van der Waals surface area contributed by atoms with Gasteiger partial charge in [-0.15, -0.1) is 0 Å². The van der Waals surface area contributed by atoms with Crippen LogP contribution in [-0.2, 0) is 17.6 Å². The van der Waals surface area contributed by atoms with E-state index in [9.17, 15) is 9.90 Å². The van der Waals surface area contributed by atoms with E-state index < -0.39 is 6.10 Å². The minimum absolute atomic E-state index is 0.00319. The Morgan fingerprint density at radius 2 is 1.95 bits per heavy atom. The van der Waals surface area contributed by atoms with Gasteiger partial charge in [-0.2, -0.15) is 0 Å². The molecule has 2 aliphatic rings. The molecule has 1 N–H and O–H groups in total. The average Bonchev–Trinajstić information content (AvgIpc) is 2.69. The van der Waals surface area contributed by atoms with Crippen LogP contribution in [0.3, 0.4) is 0 Å². The number of hydrogen-bond donors (Lipinski definition) is 1. The van der Waals surface area contributed by atoms with Gasteiger partial charge in [0.15, 0.2) is 0 Å². The van der Waals surface area contributed by atoms with Crippen LogP contribution in [0.15, 0.2) is 0 Å². The SMILES string of the molecule is CC(=O)N1CCN(c2nc(C)c3c(n2)CCCC3)CC(O)C1. The van der Waals surface area contributed by atoms with Crippen LogP contribution in [-0.4, -0.2) is 58.2 Å². The number of hydrogen-bond acceptors (Lipinski definition) is 5. The van der Waals surface area contributed by atoms with Crippen molar-refractivity contribution in [1.29, 1.82) is 0 Å². The van der Waals surface area contributed by atoms with Gasteiger partial charge in [0.05, 0.1) is 6.10 Å². The monoisotopic (exact) mass is 304 g/mol. The fraction of sp³-hybridized carbons (Fsp3) is 0.688. The van der Waals surface area contributed by atoms with E-state index in [1.165, 1.54) is 18.4 Å². The highest BCUT2D eigenvalue weighted by Crippen LogP contribution is 2.24. The summed E-state index contributed by atoms with van der Waals surface area (Å²) in [4.78, 5) is 24.7. The maximum absolute atomic E-state index is 11.6. The molecule has 6 nitrogen and oxygen atoms in total. The van der Waals surface area contributed by atoms with E-state index in [4.69, 9.17) is 4.98 Å². The lowest BCUT2D eigenvalue weighted by atomic mass is 9.95. The lowest BCUT2D eigenvalue weighted by Crippen LogP contribution is -2.36. The van der Waals surface area contributed by atoms with Crippen LogP contribution in [0.4, 0.5) is 5.95 Å². The van der Waals surface area contributed by atoms with E-state index >= 15 is 0 Å². The molecule has 1 fully saturated rings. The van der Waals surface area contributed by atoms with Gasteiger partial charge in [-0.05, 0) is 38.2 Å². The first-order valence-electron chi connectivity index (χ1n) is 8.09. The summed E-state index contributed by atoms with van der Waals surface area (Å²) in [5.74, 6) is 0.700. The van der Waals surface area contributed by atoms with Crippen molar-refractivity contribution in [3.8, 4) is 0 Å². The molecule has 6 heteroatoms. The van der Waals surface area contributed by atoms with Crippen LogP contribution in [0.1, 0.15) is 36.7 Å². The summed E-state index contributed by atoms with van der Waals surface area (Å²) < 4.78 is 0. The third kappa shape index (κ3) is 3.06. The second kappa shape index (κ2) is 6.20. The molecular formula is C16H24N4O2. The number of amides is 1. The molecule has 22 heavy (non-hydrogen) atoms. The van der Waals surface area contributed by atoms with Crippen molar-refractivity contribution in [3.63, 3.8) is 0 Å². The van der Waals surface area contributed by atoms with Crippen molar-refractivity contribution in [1.82, 2.24) is 14.9 Å². The zero-order chi connectivity index (χ0) is 15.7. The van der Waals surface area contributed by atoms with Crippen molar-refractivity contribution < 1.29 is 9.90 Å². The molecule has 0 saturated carbocycles. The van der Waals surface area contributed by atoms with Crippen molar-refractivity contribution in [3.05, 3.63) is 17.0 Å². The summed E-state index contributed by atoms with van der Waals surface area (Å²) >= 11 is 0. The molecule has 0 aromatic carbocycles. The highest BCUT2D eigenvalue weighted by Gasteiger charge is 2.25. The number of rotatable bonds is 1. The Kier molecular flexibility index (Phi) is 4.29. The zero-order valence-electron chi connectivity index (χ0n) is 13.4. The third-order valence-corrected chi connectivity index (χ3v) is 4.61. The molecule has 1 aromatic heterocycles. The fourth-order valence-electron chi connectivity index (χ4n) is 3.37. The van der Waals surface area contributed by atoms with Gasteiger partial charge in [0.25, 0.3) is 0 Å². The lowest BCUT2D eigenvalue weighted by molar-refractivity contribution is -0.129. The van der Waals surface area contributed by atoms with Crippen LogP contribution in [0.2, 0.25) is 0 Å². The second-order valence-corrected chi connectivity index (χ2v) is 6.31. The summed E-state index contributed by atoms with van der Waals surface area (Å²) in [6.07, 6.45) is 3.92. The minimum Gasteiger partial charge on any atom is -0.389 e. The summed E-state index contributed by atoms with van der Waals surface area (Å²) in [6.45, 7) is 5.71. The van der Waals surface area contributed by atoms with Gasteiger partial charge in [0, 0.05) is 44.5 Å². The number of anilines is 1. The first-order chi connectivity index (χ1) is 10.5. The molecule has 2 heterocycles. The zero-order valence-corrected chi connectivity index (χ0v) is 13.4. The maximum atomic E-state index is 11.6. The predicted octanol–water partition coefficient (Wildman–Crippen LogP) is 0.693. The van der Waals surface area contributed by atoms with E-state index in [1.807, 2.05) is 11.8 Å². The topological polar surface area (TPSA) is 69.6 Å². The standard InChI is InChI=1S/C16H24N4O2/c1-11-14-5-3-4-6-15(14)18-16(17-11)20-8-7-19(12(2)21)9-13(22)10-20/h13,22H,3-10H2,1-2H3. The molecule has 1 amide bonds. The maximum Gasteiger partial charge on any atom is 0.225 e. The Morgan fingerprint density at radius 1 is 1.18 bits per heavy atom. The molecule has 1 unspecified atom stereocenters. The van der Waals surface area contributed by atoms with Crippen molar-refractivity contribution in [2.75, 3.05) is 31.1 Å². The van der Waals surface area contributed by atoms with Crippen molar-refractivity contribution >= 4 is 11.9 Å². The first kappa shape index (κ1) is 15.2. The largest absolute Gasteiger partial charge is 0.389 e. The van der Waals surface area contributed by atoms with Crippen LogP contribution < -0.4 is 4.90 Å². The highest BCUT2D eigenvalue weighted by atomic mass is 16.3. The smallest absolute Gasteiger partial charge is 0.225 e. The Hall–Kier alpha value is -1.69. The van der Waals surface area contributed by atoms with E-state index in [0.717, 1.165) is 24.2 Å². The lowest BCUT2D eigenvalue weighted by Gasteiger charge is -2.25. The fourth-order valence-corrected chi connectivity index (χ4v) is 3.37. The van der Waals surface area contributed by atoms with Gasteiger partial charge in [-0.3, -0.25) is 4.79 Å². The summed E-state index contributed by atoms with van der Waals surface area (Å²) in [5.41, 5.74) is 3.52. The Morgan fingerprint density at radius 3 is 2.73 bits per heavy atom. The van der Waals surface area contributed by atoms with E-state index in [2.05, 4.69) is 4.98 Å². The molecule has 1 aliphatic carbocycles. The molecule has 1 atom stereocenters. The molecule has 0 spiro atoms. The van der Waals surface area contributed by atoms with Crippen LogP contribution in [0.5, 0.6) is 0 Å². The number of β-amino-alcohol motifs (C(OH)–C–C–N with tert-alkyl or cyclic N) is 1. The van der Waals surface area contributed by atoms with Gasteiger partial charge in [0.1, 0.15) is 0 Å². The first-order valence-corrected chi connectivity index (χ1v) is 8.09. The van der Waals surface area contributed by atoms with Crippen LogP contribution in [0, 0.1) is 6.92 Å². The van der Waals surface area contributed by atoms with E-state index in [-0.39, 0.29) is 5.91 Å². The molecule has 3 rings (SSSR count). The number of aromatic nitrogens is 2. The highest BCUT2D eigenvalue weighted by molar-refractivity contribution is 5.73.